The molecule has 0 N–H and O–H groups in total. The quantitative estimate of drug-likeness (QED) is 0.407. The van der Waals surface area contributed by atoms with E-state index < -0.39 is 8.07 Å². The molecule has 0 aliphatic rings. The molecule has 0 spiro atoms. The van der Waals surface area contributed by atoms with E-state index in [2.05, 4.69) is 80.1 Å². The zero-order valence-corrected chi connectivity index (χ0v) is 16.4. The summed E-state index contributed by atoms with van der Waals surface area (Å²) in [6, 6.07) is 17.9. The highest BCUT2D eigenvalue weighted by Gasteiger charge is 2.18. The Morgan fingerprint density at radius 1 is 0.917 bits per heavy atom. The summed E-state index contributed by atoms with van der Waals surface area (Å²) in [5.41, 5.74) is 3.56. The molecule has 1 nitrogen and oxygen atoms in total. The summed E-state index contributed by atoms with van der Waals surface area (Å²) in [7, 11) is -1.30. The molecule has 0 atom stereocenters. The summed E-state index contributed by atoms with van der Waals surface area (Å²) in [4.78, 5) is 4.60. The van der Waals surface area contributed by atoms with Crippen molar-refractivity contribution in [1.82, 2.24) is 4.98 Å². The Morgan fingerprint density at radius 2 is 1.75 bits per heavy atom. The zero-order chi connectivity index (χ0) is 16.9. The van der Waals surface area contributed by atoms with E-state index in [0.29, 0.717) is 0 Å². The van der Waals surface area contributed by atoms with Crippen molar-refractivity contribution in [1.29, 1.82) is 0 Å². The molecule has 3 heteroatoms. The molecule has 0 aliphatic heterocycles. The highest BCUT2D eigenvalue weighted by molar-refractivity contribution is 7.26. The number of thiophene rings is 1. The van der Waals surface area contributed by atoms with Crippen molar-refractivity contribution in [3.8, 4) is 11.3 Å². The first-order valence-corrected chi connectivity index (χ1v) is 12.6. The summed E-state index contributed by atoms with van der Waals surface area (Å²) >= 11 is 1.88. The van der Waals surface area contributed by atoms with Crippen molar-refractivity contribution in [2.75, 3.05) is 0 Å². The predicted molar refractivity (Wildman–Crippen MR) is 110 cm³/mol. The number of aryl methyl sites for hydroxylation is 1. The number of hydrogen-bond donors (Lipinski definition) is 0. The van der Waals surface area contributed by atoms with Crippen molar-refractivity contribution in [3.63, 3.8) is 0 Å². The second kappa shape index (κ2) is 5.54. The van der Waals surface area contributed by atoms with Gasteiger partial charge >= 0.3 is 0 Å². The molecule has 2 aromatic carbocycles. The highest BCUT2D eigenvalue weighted by Crippen LogP contribution is 2.39. The first-order chi connectivity index (χ1) is 11.4. The van der Waals surface area contributed by atoms with Gasteiger partial charge < -0.3 is 0 Å². The van der Waals surface area contributed by atoms with Crippen LogP contribution in [0.25, 0.3) is 31.4 Å². The van der Waals surface area contributed by atoms with Crippen LogP contribution in [-0.2, 0) is 0 Å². The summed E-state index contributed by atoms with van der Waals surface area (Å²) < 4.78 is 2.71. The lowest BCUT2D eigenvalue weighted by molar-refractivity contribution is 1.29. The van der Waals surface area contributed by atoms with E-state index in [0.717, 1.165) is 5.69 Å². The highest BCUT2D eigenvalue weighted by atomic mass is 32.1. The average molecular weight is 348 g/mol. The first kappa shape index (κ1) is 15.5. The monoisotopic (exact) mass is 347 g/mol. The van der Waals surface area contributed by atoms with E-state index in [-0.39, 0.29) is 0 Å². The van der Waals surface area contributed by atoms with Gasteiger partial charge in [-0.25, -0.2) is 0 Å². The Kier molecular flexibility index (Phi) is 3.59. The standard InChI is InChI=1S/C21H21NSSi/c1-14-10-11-22-19(12-14)17-7-5-6-16-18-13-15(24(2,3)4)8-9-20(18)23-21(16)17/h5-13H,1-4H3. The predicted octanol–water partition coefficient (Wildman–Crippen LogP) is 5.97. The molecule has 120 valence electrons. The number of aromatic nitrogens is 1. The van der Waals surface area contributed by atoms with Gasteiger partial charge in [0.25, 0.3) is 0 Å². The number of benzene rings is 2. The Bertz CT molecular complexity index is 1060. The largest absolute Gasteiger partial charge is 0.256 e. The smallest absolute Gasteiger partial charge is 0.0776 e. The fourth-order valence-electron chi connectivity index (χ4n) is 3.15. The Hall–Kier alpha value is -1.97. The SMILES string of the molecule is Cc1ccnc(-c2cccc3c2sc2ccc([Si](C)(C)C)cc23)c1. The van der Waals surface area contributed by atoms with Crippen LogP contribution in [0.5, 0.6) is 0 Å². The molecule has 0 fully saturated rings. The summed E-state index contributed by atoms with van der Waals surface area (Å²) in [5.74, 6) is 0. The van der Waals surface area contributed by atoms with Crippen LogP contribution in [0.4, 0.5) is 0 Å². The molecule has 2 aromatic heterocycles. The van der Waals surface area contributed by atoms with E-state index in [9.17, 15) is 0 Å². The molecular weight excluding hydrogens is 326 g/mol. The van der Waals surface area contributed by atoms with Crippen molar-refractivity contribution in [3.05, 3.63) is 60.3 Å². The maximum Gasteiger partial charge on any atom is 0.0776 e. The van der Waals surface area contributed by atoms with Gasteiger partial charge in [0.2, 0.25) is 0 Å². The van der Waals surface area contributed by atoms with E-state index in [4.69, 9.17) is 0 Å². The maximum atomic E-state index is 4.60. The van der Waals surface area contributed by atoms with Crippen LogP contribution in [0.1, 0.15) is 5.56 Å². The zero-order valence-electron chi connectivity index (χ0n) is 14.6. The van der Waals surface area contributed by atoms with Crippen LogP contribution >= 0.6 is 11.3 Å². The molecule has 0 unspecified atom stereocenters. The van der Waals surface area contributed by atoms with E-state index >= 15 is 0 Å². The van der Waals surface area contributed by atoms with Gasteiger partial charge in [-0.1, -0.05) is 55.2 Å². The molecule has 24 heavy (non-hydrogen) atoms. The Labute approximate surface area is 148 Å². The van der Waals surface area contributed by atoms with Crippen LogP contribution in [0, 0.1) is 6.92 Å². The van der Waals surface area contributed by atoms with E-state index in [1.54, 1.807) is 0 Å². The summed E-state index contributed by atoms with van der Waals surface area (Å²) in [6.45, 7) is 9.34. The molecule has 0 amide bonds. The lowest BCUT2D eigenvalue weighted by atomic mass is 10.1. The maximum absolute atomic E-state index is 4.60. The molecule has 0 aliphatic carbocycles. The lowest BCUT2D eigenvalue weighted by Crippen LogP contribution is -2.37. The summed E-state index contributed by atoms with van der Waals surface area (Å²) in [6.07, 6.45) is 1.90. The number of pyridine rings is 1. The number of nitrogens with zero attached hydrogens (tertiary/aromatic N) is 1. The van der Waals surface area contributed by atoms with Crippen molar-refractivity contribution in [2.45, 2.75) is 26.6 Å². The van der Waals surface area contributed by atoms with Crippen LogP contribution in [0.15, 0.2) is 54.7 Å². The molecule has 0 saturated heterocycles. The van der Waals surface area contributed by atoms with Gasteiger partial charge in [0.15, 0.2) is 0 Å². The van der Waals surface area contributed by atoms with Crippen molar-refractivity contribution < 1.29 is 0 Å². The minimum absolute atomic E-state index is 1.07. The van der Waals surface area contributed by atoms with Gasteiger partial charge in [-0.3, -0.25) is 4.98 Å². The van der Waals surface area contributed by atoms with Crippen LogP contribution < -0.4 is 5.19 Å². The topological polar surface area (TPSA) is 12.9 Å². The van der Waals surface area contributed by atoms with Gasteiger partial charge in [-0.2, -0.15) is 0 Å². The normalized spacial score (nSPS) is 12.2. The minimum atomic E-state index is -1.30. The second-order valence-corrected chi connectivity index (χ2v) is 13.6. The molecule has 4 rings (SSSR count). The fourth-order valence-corrected chi connectivity index (χ4v) is 5.52. The average Bonchev–Trinajstić information content (AvgIpc) is 2.91. The first-order valence-electron chi connectivity index (χ1n) is 8.32. The Balaban J connectivity index is 2.02. The molecule has 2 heterocycles. The molecule has 0 bridgehead atoms. The van der Waals surface area contributed by atoms with E-state index in [1.807, 2.05) is 17.5 Å². The minimum Gasteiger partial charge on any atom is -0.256 e. The fraction of sp³-hybridized carbons (Fsp3) is 0.190. The van der Waals surface area contributed by atoms with Crippen LogP contribution in [0.2, 0.25) is 19.6 Å². The Morgan fingerprint density at radius 3 is 2.50 bits per heavy atom. The third-order valence-electron chi connectivity index (χ3n) is 4.55. The number of fused-ring (bicyclic) bond motifs is 3. The lowest BCUT2D eigenvalue weighted by Gasteiger charge is -2.16. The number of rotatable bonds is 2. The molecule has 0 saturated carbocycles. The van der Waals surface area contributed by atoms with Gasteiger partial charge in [0.05, 0.1) is 13.8 Å². The number of hydrogen-bond acceptors (Lipinski definition) is 2. The third kappa shape index (κ3) is 2.58. The van der Waals surface area contributed by atoms with Crippen LogP contribution in [-0.4, -0.2) is 13.1 Å². The molecule has 4 aromatic rings. The van der Waals surface area contributed by atoms with Gasteiger partial charge in [-0.05, 0) is 30.7 Å². The summed E-state index contributed by atoms with van der Waals surface area (Å²) in [5, 5.41) is 4.27. The van der Waals surface area contributed by atoms with Crippen LogP contribution in [0.3, 0.4) is 0 Å². The van der Waals surface area contributed by atoms with Gasteiger partial charge in [-0.15, -0.1) is 11.3 Å². The van der Waals surface area contributed by atoms with Gasteiger partial charge in [0.1, 0.15) is 0 Å². The van der Waals surface area contributed by atoms with Gasteiger partial charge in [0, 0.05) is 31.9 Å². The second-order valence-electron chi connectivity index (χ2n) is 7.46. The van der Waals surface area contributed by atoms with Crippen molar-refractivity contribution in [2.24, 2.45) is 0 Å². The van der Waals surface area contributed by atoms with E-state index in [1.165, 1.54) is 36.5 Å². The van der Waals surface area contributed by atoms with Crippen molar-refractivity contribution >= 4 is 44.8 Å². The molecular formula is C21H21NSSi. The molecule has 0 radical (unpaired) electrons. The third-order valence-corrected chi connectivity index (χ3v) is 7.82.